The molecule has 2 aromatic rings. The number of halogens is 4. The summed E-state index contributed by atoms with van der Waals surface area (Å²) in [5.41, 5.74) is -1.40. The van der Waals surface area contributed by atoms with E-state index >= 15 is 0 Å². The predicted molar refractivity (Wildman–Crippen MR) is 59.4 cm³/mol. The predicted octanol–water partition coefficient (Wildman–Crippen LogP) is 3.00. The third kappa shape index (κ3) is 3.11. The van der Waals surface area contributed by atoms with Gasteiger partial charge in [-0.05, 0) is 17.7 Å². The van der Waals surface area contributed by atoms with Gasteiger partial charge >= 0.3 is 6.18 Å². The summed E-state index contributed by atoms with van der Waals surface area (Å²) in [6.45, 7) is -0.200. The van der Waals surface area contributed by atoms with Crippen LogP contribution in [0.15, 0.2) is 30.5 Å². The Morgan fingerprint density at radius 1 is 1.30 bits per heavy atom. The van der Waals surface area contributed by atoms with E-state index in [0.29, 0.717) is 0 Å². The van der Waals surface area contributed by atoms with Crippen LogP contribution in [0.4, 0.5) is 23.2 Å². The van der Waals surface area contributed by atoms with Crippen molar-refractivity contribution < 1.29 is 22.5 Å². The Balaban J connectivity index is 2.26. The number of nitro groups is 1. The van der Waals surface area contributed by atoms with Crippen LogP contribution in [0.1, 0.15) is 11.3 Å². The van der Waals surface area contributed by atoms with Crippen molar-refractivity contribution in [2.45, 2.75) is 12.7 Å². The standard InChI is InChI=1S/C11H7F4N3O2/c12-8-3-7(4-9(5-8)18(19)20)6-17-2-1-10(16-17)11(13,14)15/h1-5H,6H2. The normalized spacial score (nSPS) is 11.6. The molecule has 0 spiro atoms. The van der Waals surface area contributed by atoms with Crippen molar-refractivity contribution in [2.24, 2.45) is 0 Å². The van der Waals surface area contributed by atoms with Crippen molar-refractivity contribution in [1.29, 1.82) is 0 Å². The van der Waals surface area contributed by atoms with Gasteiger partial charge in [-0.3, -0.25) is 14.8 Å². The molecular weight excluding hydrogens is 282 g/mol. The number of nitrogens with zero attached hydrogens (tertiary/aromatic N) is 3. The highest BCUT2D eigenvalue weighted by atomic mass is 19.4. The smallest absolute Gasteiger partial charge is 0.268 e. The Labute approximate surface area is 109 Å². The molecule has 0 saturated carbocycles. The Morgan fingerprint density at radius 3 is 2.55 bits per heavy atom. The van der Waals surface area contributed by atoms with Gasteiger partial charge in [0.2, 0.25) is 0 Å². The van der Waals surface area contributed by atoms with E-state index in [2.05, 4.69) is 5.10 Å². The summed E-state index contributed by atoms with van der Waals surface area (Å²) in [7, 11) is 0. The number of hydrogen-bond acceptors (Lipinski definition) is 3. The number of alkyl halides is 3. The Morgan fingerprint density at radius 2 is 2.00 bits per heavy atom. The molecule has 0 fully saturated rings. The third-order valence-electron chi connectivity index (χ3n) is 2.43. The molecule has 0 aliphatic heterocycles. The zero-order valence-electron chi connectivity index (χ0n) is 9.76. The van der Waals surface area contributed by atoms with Crippen molar-refractivity contribution >= 4 is 5.69 Å². The molecule has 0 bridgehead atoms. The van der Waals surface area contributed by atoms with E-state index in [1.165, 1.54) is 0 Å². The molecule has 0 unspecified atom stereocenters. The lowest BCUT2D eigenvalue weighted by Gasteiger charge is -2.04. The van der Waals surface area contributed by atoms with E-state index in [1.54, 1.807) is 0 Å². The van der Waals surface area contributed by atoms with Gasteiger partial charge in [-0.15, -0.1) is 0 Å². The molecule has 0 aliphatic rings. The van der Waals surface area contributed by atoms with Crippen LogP contribution in [0.2, 0.25) is 0 Å². The first-order chi connectivity index (χ1) is 9.25. The number of nitro benzene ring substituents is 1. The number of non-ortho nitro benzene ring substituents is 1. The molecule has 0 saturated heterocycles. The first-order valence-corrected chi connectivity index (χ1v) is 5.30. The van der Waals surface area contributed by atoms with Gasteiger partial charge in [0, 0.05) is 12.3 Å². The van der Waals surface area contributed by atoms with Crippen LogP contribution in [0, 0.1) is 15.9 Å². The number of aromatic nitrogens is 2. The van der Waals surface area contributed by atoms with Gasteiger partial charge in [-0.2, -0.15) is 18.3 Å². The van der Waals surface area contributed by atoms with Crippen LogP contribution >= 0.6 is 0 Å². The monoisotopic (exact) mass is 289 g/mol. The summed E-state index contributed by atoms with van der Waals surface area (Å²) >= 11 is 0. The fourth-order valence-corrected chi connectivity index (χ4v) is 1.62. The molecule has 0 atom stereocenters. The molecule has 1 heterocycles. The van der Waals surface area contributed by atoms with E-state index in [1.807, 2.05) is 0 Å². The maximum atomic E-state index is 13.2. The van der Waals surface area contributed by atoms with Crippen molar-refractivity contribution in [1.82, 2.24) is 9.78 Å². The quantitative estimate of drug-likeness (QED) is 0.496. The number of rotatable bonds is 3. The molecule has 0 N–H and O–H groups in total. The molecule has 0 amide bonds. The van der Waals surface area contributed by atoms with E-state index < -0.39 is 28.3 Å². The van der Waals surface area contributed by atoms with Gasteiger partial charge in [-0.1, -0.05) is 0 Å². The largest absolute Gasteiger partial charge is 0.435 e. The minimum absolute atomic E-state index is 0.147. The minimum atomic E-state index is -4.57. The first-order valence-electron chi connectivity index (χ1n) is 5.30. The number of hydrogen-bond donors (Lipinski definition) is 0. The highest BCUT2D eigenvalue weighted by Crippen LogP contribution is 2.27. The average Bonchev–Trinajstić information content (AvgIpc) is 2.76. The van der Waals surface area contributed by atoms with Crippen LogP contribution < -0.4 is 0 Å². The highest BCUT2D eigenvalue weighted by Gasteiger charge is 2.33. The van der Waals surface area contributed by atoms with Crippen molar-refractivity contribution in [3.8, 4) is 0 Å². The Hall–Kier alpha value is -2.45. The second-order valence-electron chi connectivity index (χ2n) is 3.97. The molecule has 20 heavy (non-hydrogen) atoms. The molecular formula is C11H7F4N3O2. The molecule has 106 valence electrons. The summed E-state index contributed by atoms with van der Waals surface area (Å²) in [4.78, 5) is 9.78. The molecule has 9 heteroatoms. The van der Waals surface area contributed by atoms with E-state index in [0.717, 1.165) is 35.1 Å². The fourth-order valence-electron chi connectivity index (χ4n) is 1.62. The van der Waals surface area contributed by atoms with Gasteiger partial charge < -0.3 is 0 Å². The van der Waals surface area contributed by atoms with Gasteiger partial charge in [0.15, 0.2) is 5.69 Å². The first kappa shape index (κ1) is 14.0. The van der Waals surface area contributed by atoms with Crippen LogP contribution in [0.5, 0.6) is 0 Å². The van der Waals surface area contributed by atoms with Crippen molar-refractivity contribution in [2.75, 3.05) is 0 Å². The summed E-state index contributed by atoms with van der Waals surface area (Å²) in [6.07, 6.45) is -3.50. The summed E-state index contributed by atoms with van der Waals surface area (Å²) in [5, 5.41) is 13.8. The average molecular weight is 289 g/mol. The lowest BCUT2D eigenvalue weighted by Crippen LogP contribution is -2.08. The summed E-state index contributed by atoms with van der Waals surface area (Å²) in [6, 6.07) is 3.58. The molecule has 2 rings (SSSR count). The molecule has 0 radical (unpaired) electrons. The molecule has 5 nitrogen and oxygen atoms in total. The Kier molecular flexibility index (Phi) is 3.43. The maximum absolute atomic E-state index is 13.2. The van der Waals surface area contributed by atoms with Gasteiger partial charge in [0.05, 0.1) is 17.5 Å². The van der Waals surface area contributed by atoms with Crippen molar-refractivity contribution in [3.63, 3.8) is 0 Å². The van der Waals surface area contributed by atoms with Crippen molar-refractivity contribution in [3.05, 3.63) is 57.7 Å². The Bertz CT molecular complexity index is 651. The van der Waals surface area contributed by atoms with E-state index in [4.69, 9.17) is 0 Å². The second kappa shape index (κ2) is 4.91. The topological polar surface area (TPSA) is 61.0 Å². The van der Waals surface area contributed by atoms with E-state index in [9.17, 15) is 27.7 Å². The zero-order valence-corrected chi connectivity index (χ0v) is 9.76. The minimum Gasteiger partial charge on any atom is -0.268 e. The molecule has 0 aliphatic carbocycles. The molecule has 1 aromatic heterocycles. The van der Waals surface area contributed by atoms with Crippen LogP contribution in [0.25, 0.3) is 0 Å². The SMILES string of the molecule is O=[N+]([O-])c1cc(F)cc(Cn2ccc(C(F)(F)F)n2)c1. The maximum Gasteiger partial charge on any atom is 0.435 e. The van der Waals surface area contributed by atoms with Gasteiger partial charge in [0.1, 0.15) is 5.82 Å². The molecule has 1 aromatic carbocycles. The number of benzene rings is 1. The van der Waals surface area contributed by atoms with E-state index in [-0.39, 0.29) is 12.1 Å². The lowest BCUT2D eigenvalue weighted by atomic mass is 10.2. The fraction of sp³-hybridized carbons (Fsp3) is 0.182. The van der Waals surface area contributed by atoms with Gasteiger partial charge in [-0.25, -0.2) is 4.39 Å². The van der Waals surface area contributed by atoms with Gasteiger partial charge in [0.25, 0.3) is 5.69 Å². The third-order valence-corrected chi connectivity index (χ3v) is 2.43. The summed E-state index contributed by atoms with van der Waals surface area (Å²) < 4.78 is 51.1. The zero-order chi connectivity index (χ0) is 14.9. The second-order valence-corrected chi connectivity index (χ2v) is 3.97. The summed E-state index contributed by atoms with van der Waals surface area (Å²) in [5.74, 6) is -0.836. The van der Waals surface area contributed by atoms with Crippen LogP contribution in [-0.4, -0.2) is 14.7 Å². The van der Waals surface area contributed by atoms with Crippen LogP contribution in [0.3, 0.4) is 0 Å². The highest BCUT2D eigenvalue weighted by molar-refractivity contribution is 5.35. The lowest BCUT2D eigenvalue weighted by molar-refractivity contribution is -0.385. The van der Waals surface area contributed by atoms with Crippen LogP contribution in [-0.2, 0) is 12.7 Å².